The summed E-state index contributed by atoms with van der Waals surface area (Å²) in [6.07, 6.45) is 2.93. The number of halogens is 2. The lowest BCUT2D eigenvalue weighted by Crippen LogP contribution is -2.58. The molecule has 42 heavy (non-hydrogen) atoms. The van der Waals surface area contributed by atoms with Crippen molar-refractivity contribution in [2.24, 2.45) is 0 Å². The number of piperazine rings is 1. The fourth-order valence-electron chi connectivity index (χ4n) is 5.80. The lowest BCUT2D eigenvalue weighted by molar-refractivity contribution is -0.127. The summed E-state index contributed by atoms with van der Waals surface area (Å²) in [7, 11) is 0. The maximum Gasteiger partial charge on any atom is 0.355 e. The fraction of sp³-hybridized carbons (Fsp3) is 0.323. The van der Waals surface area contributed by atoms with Crippen molar-refractivity contribution >= 4 is 28.4 Å². The second kappa shape index (κ2) is 11.0. The van der Waals surface area contributed by atoms with Gasteiger partial charge in [0, 0.05) is 37.1 Å². The Morgan fingerprint density at radius 2 is 1.81 bits per heavy atom. The molecule has 4 heterocycles. The molecule has 0 bridgehead atoms. The van der Waals surface area contributed by atoms with Crippen LogP contribution in [0.5, 0.6) is 0 Å². The van der Waals surface area contributed by atoms with E-state index in [0.717, 1.165) is 5.56 Å². The number of aromatic nitrogens is 4. The number of nitrogen functional groups attached to an aromatic ring is 1. The summed E-state index contributed by atoms with van der Waals surface area (Å²) >= 11 is 0. The number of amides is 1. The van der Waals surface area contributed by atoms with Crippen LogP contribution in [0, 0.1) is 18.6 Å². The molecule has 2 atom stereocenters. The number of fused-ring (bicyclic) bond motifs is 1. The van der Waals surface area contributed by atoms with Gasteiger partial charge >= 0.3 is 5.69 Å². The monoisotopic (exact) mass is 573 g/mol. The normalized spacial score (nSPS) is 17.2. The van der Waals surface area contributed by atoms with Crippen LogP contribution in [-0.2, 0) is 4.79 Å². The Morgan fingerprint density at radius 3 is 2.43 bits per heavy atom. The van der Waals surface area contributed by atoms with Gasteiger partial charge in [0.15, 0.2) is 11.5 Å². The zero-order valence-corrected chi connectivity index (χ0v) is 24.2. The molecular formula is C31H33F2N7O2. The second-order valence-electron chi connectivity index (χ2n) is 11.0. The van der Waals surface area contributed by atoms with Gasteiger partial charge in [0.2, 0.25) is 5.91 Å². The topological polar surface area (TPSA) is 110 Å². The molecule has 0 unspecified atom stereocenters. The first-order chi connectivity index (χ1) is 19.9. The molecule has 1 aromatic carbocycles. The maximum atomic E-state index is 15.9. The third-order valence-corrected chi connectivity index (χ3v) is 7.66. The number of aryl methyl sites for hydroxylation is 1. The van der Waals surface area contributed by atoms with Gasteiger partial charge in [0.05, 0.1) is 22.3 Å². The van der Waals surface area contributed by atoms with Gasteiger partial charge in [-0.1, -0.05) is 26.5 Å². The van der Waals surface area contributed by atoms with Crippen LogP contribution in [0.15, 0.2) is 54.0 Å². The van der Waals surface area contributed by atoms with E-state index >= 15 is 8.78 Å². The molecule has 5 rings (SSSR count). The highest BCUT2D eigenvalue weighted by molar-refractivity contribution is 5.92. The Hall–Kier alpha value is -4.67. The number of pyridine rings is 2. The van der Waals surface area contributed by atoms with E-state index in [1.54, 1.807) is 17.2 Å². The minimum absolute atomic E-state index is 0.00889. The highest BCUT2D eigenvalue weighted by Crippen LogP contribution is 2.36. The van der Waals surface area contributed by atoms with Crippen LogP contribution in [-0.4, -0.2) is 55.5 Å². The van der Waals surface area contributed by atoms with Gasteiger partial charge in [-0.05, 0) is 62.6 Å². The van der Waals surface area contributed by atoms with Crippen LogP contribution < -0.4 is 16.3 Å². The van der Waals surface area contributed by atoms with Crippen molar-refractivity contribution in [3.8, 4) is 16.9 Å². The van der Waals surface area contributed by atoms with Crippen molar-refractivity contribution in [1.82, 2.24) is 24.4 Å². The molecule has 3 aromatic heterocycles. The Labute approximate surface area is 242 Å². The SMILES string of the molecule is C=CC(=O)N1C[C@H](C)N(c2nc(=O)n(-c3c(C)ccnc3C(C)C)c3nc(-c4c(N)cccc4F)c(F)cc23)[C@@H](C)C1. The van der Waals surface area contributed by atoms with Gasteiger partial charge in [-0.15, -0.1) is 0 Å². The summed E-state index contributed by atoms with van der Waals surface area (Å²) in [5.41, 5.74) is 6.87. The first-order valence-corrected chi connectivity index (χ1v) is 13.8. The zero-order valence-electron chi connectivity index (χ0n) is 24.2. The molecule has 4 aromatic rings. The van der Waals surface area contributed by atoms with Crippen molar-refractivity contribution in [1.29, 1.82) is 0 Å². The molecule has 0 spiro atoms. The predicted octanol–water partition coefficient (Wildman–Crippen LogP) is 4.75. The van der Waals surface area contributed by atoms with Crippen LogP contribution in [0.2, 0.25) is 0 Å². The van der Waals surface area contributed by atoms with E-state index in [4.69, 9.17) is 5.73 Å². The minimum Gasteiger partial charge on any atom is -0.398 e. The highest BCUT2D eigenvalue weighted by atomic mass is 19.1. The molecule has 1 amide bonds. The molecule has 1 aliphatic heterocycles. The number of benzene rings is 1. The van der Waals surface area contributed by atoms with Crippen molar-refractivity contribution < 1.29 is 13.6 Å². The van der Waals surface area contributed by atoms with E-state index in [0.29, 0.717) is 24.5 Å². The molecule has 0 aliphatic carbocycles. The van der Waals surface area contributed by atoms with Crippen LogP contribution in [0.3, 0.4) is 0 Å². The number of hydrogen-bond acceptors (Lipinski definition) is 7. The van der Waals surface area contributed by atoms with E-state index in [-0.39, 0.29) is 57.7 Å². The van der Waals surface area contributed by atoms with Crippen LogP contribution >= 0.6 is 0 Å². The minimum atomic E-state index is -0.819. The van der Waals surface area contributed by atoms with Crippen molar-refractivity contribution in [2.45, 2.75) is 52.6 Å². The van der Waals surface area contributed by atoms with E-state index < -0.39 is 17.3 Å². The molecule has 0 radical (unpaired) electrons. The molecule has 2 N–H and O–H groups in total. The third kappa shape index (κ3) is 4.78. The maximum absolute atomic E-state index is 15.9. The summed E-state index contributed by atoms with van der Waals surface area (Å²) in [6.45, 7) is 13.8. The molecule has 218 valence electrons. The first-order valence-electron chi connectivity index (χ1n) is 13.8. The lowest BCUT2D eigenvalue weighted by atomic mass is 10.0. The van der Waals surface area contributed by atoms with Crippen LogP contribution in [0.1, 0.15) is 44.9 Å². The molecule has 1 saturated heterocycles. The number of rotatable bonds is 5. The van der Waals surface area contributed by atoms with Gasteiger partial charge in [-0.2, -0.15) is 4.98 Å². The quantitative estimate of drug-likeness (QED) is 0.271. The molecular weight excluding hydrogens is 540 g/mol. The highest BCUT2D eigenvalue weighted by Gasteiger charge is 2.34. The number of nitrogens with two attached hydrogens (primary N) is 1. The van der Waals surface area contributed by atoms with Gasteiger partial charge in [0.25, 0.3) is 0 Å². The number of carbonyl (C=O) groups excluding carboxylic acids is 1. The van der Waals surface area contributed by atoms with E-state index in [2.05, 4.69) is 21.5 Å². The molecule has 1 aliphatic rings. The van der Waals surface area contributed by atoms with Crippen LogP contribution in [0.4, 0.5) is 20.3 Å². The molecule has 0 saturated carbocycles. The van der Waals surface area contributed by atoms with Gasteiger partial charge in [0.1, 0.15) is 17.3 Å². The summed E-state index contributed by atoms with van der Waals surface area (Å²) < 4.78 is 32.3. The van der Waals surface area contributed by atoms with Crippen molar-refractivity contribution in [3.63, 3.8) is 0 Å². The molecule has 1 fully saturated rings. The largest absolute Gasteiger partial charge is 0.398 e. The predicted molar refractivity (Wildman–Crippen MR) is 160 cm³/mol. The lowest BCUT2D eigenvalue weighted by Gasteiger charge is -2.45. The Balaban J connectivity index is 1.86. The average Bonchev–Trinajstić information content (AvgIpc) is 2.93. The number of nitrogens with zero attached hydrogens (tertiary/aromatic N) is 6. The van der Waals surface area contributed by atoms with Gasteiger partial charge in [-0.25, -0.2) is 23.1 Å². The van der Waals surface area contributed by atoms with E-state index in [9.17, 15) is 9.59 Å². The van der Waals surface area contributed by atoms with E-state index in [1.165, 1.54) is 34.9 Å². The van der Waals surface area contributed by atoms with Crippen molar-refractivity contribution in [3.05, 3.63) is 82.6 Å². The standard InChI is InChI=1S/C31H33F2N7O2/c1-7-24(41)38-14-18(5)39(19(6)15-38)30-20-13-22(33)27(25-21(32)9-8-10-23(25)34)36-29(20)40(31(42)37-30)28-17(4)11-12-35-26(28)16(2)3/h7-13,16,18-19H,1,14-15,34H2,2-6H3/t18-,19-/m0/s1. The van der Waals surface area contributed by atoms with Gasteiger partial charge < -0.3 is 15.5 Å². The zero-order chi connectivity index (χ0) is 30.5. The first kappa shape index (κ1) is 28.8. The number of hydrogen-bond donors (Lipinski definition) is 1. The summed E-state index contributed by atoms with van der Waals surface area (Å²) in [5, 5.41) is 0.255. The number of anilines is 2. The molecule has 11 heteroatoms. The summed E-state index contributed by atoms with van der Waals surface area (Å²) in [6, 6.07) is 6.51. The Kier molecular flexibility index (Phi) is 7.53. The second-order valence-corrected chi connectivity index (χ2v) is 11.0. The third-order valence-electron chi connectivity index (χ3n) is 7.66. The summed E-state index contributed by atoms with van der Waals surface area (Å²) in [4.78, 5) is 43.6. The smallest absolute Gasteiger partial charge is 0.355 e. The van der Waals surface area contributed by atoms with Gasteiger partial charge in [-0.3, -0.25) is 9.78 Å². The Morgan fingerprint density at radius 1 is 1.12 bits per heavy atom. The fourth-order valence-corrected chi connectivity index (χ4v) is 5.80. The molecule has 9 nitrogen and oxygen atoms in total. The Bertz CT molecular complexity index is 1750. The average molecular weight is 574 g/mol. The van der Waals surface area contributed by atoms with E-state index in [1.807, 2.05) is 39.5 Å². The van der Waals surface area contributed by atoms with Crippen LogP contribution in [0.25, 0.3) is 28.0 Å². The number of carbonyl (C=O) groups is 1. The summed E-state index contributed by atoms with van der Waals surface area (Å²) in [5.74, 6) is -1.60. The van der Waals surface area contributed by atoms with Crippen molar-refractivity contribution in [2.75, 3.05) is 23.7 Å².